The smallest absolute Gasteiger partial charge is 0.254 e. The monoisotopic (exact) mass is 234 g/mol. The van der Waals surface area contributed by atoms with Crippen LogP contribution in [0.4, 0.5) is 0 Å². The largest absolute Gasteiger partial charge is 0.355 e. The van der Waals surface area contributed by atoms with Crippen LogP contribution >= 0.6 is 0 Å². The van der Waals surface area contributed by atoms with Crippen LogP contribution in [0.2, 0.25) is 0 Å². The van der Waals surface area contributed by atoms with E-state index >= 15 is 0 Å². The molecule has 1 N–H and O–H groups in total. The van der Waals surface area contributed by atoms with E-state index in [0.717, 1.165) is 0 Å². The van der Waals surface area contributed by atoms with Crippen molar-refractivity contribution in [3.05, 3.63) is 35.4 Å². The molecule has 0 aliphatic carbocycles. The van der Waals surface area contributed by atoms with Gasteiger partial charge >= 0.3 is 0 Å². The average molecular weight is 234 g/mol. The summed E-state index contributed by atoms with van der Waals surface area (Å²) in [5.74, 6) is -0.338. The fourth-order valence-electron chi connectivity index (χ4n) is 1.68. The van der Waals surface area contributed by atoms with Crippen molar-refractivity contribution in [2.75, 3.05) is 20.1 Å². The first-order valence-corrected chi connectivity index (χ1v) is 5.76. The molecule has 0 radical (unpaired) electrons. The second kappa shape index (κ2) is 6.03. The highest BCUT2D eigenvalue weighted by Gasteiger charge is 2.18. The Bertz CT molecular complexity index is 412. The molecule has 0 spiro atoms. The van der Waals surface area contributed by atoms with Gasteiger partial charge in [0.05, 0.1) is 11.1 Å². The Morgan fingerprint density at radius 1 is 1.12 bits per heavy atom. The number of carbonyl (C=O) groups excluding carboxylic acids is 2. The Hall–Kier alpha value is -1.84. The van der Waals surface area contributed by atoms with E-state index in [1.54, 1.807) is 36.2 Å². The Labute approximate surface area is 102 Å². The summed E-state index contributed by atoms with van der Waals surface area (Å²) in [6.45, 7) is 5.11. The molecule has 0 bridgehead atoms. The van der Waals surface area contributed by atoms with Gasteiger partial charge in [0, 0.05) is 20.1 Å². The zero-order valence-corrected chi connectivity index (χ0v) is 10.5. The van der Waals surface area contributed by atoms with E-state index in [1.807, 2.05) is 13.8 Å². The highest BCUT2D eigenvalue weighted by Crippen LogP contribution is 2.11. The molecule has 0 aliphatic rings. The van der Waals surface area contributed by atoms with E-state index in [2.05, 4.69) is 5.32 Å². The van der Waals surface area contributed by atoms with Gasteiger partial charge in [-0.05, 0) is 26.0 Å². The molecule has 1 rings (SSSR count). The van der Waals surface area contributed by atoms with E-state index < -0.39 is 0 Å². The van der Waals surface area contributed by atoms with Crippen molar-refractivity contribution in [3.63, 3.8) is 0 Å². The van der Waals surface area contributed by atoms with E-state index in [9.17, 15) is 9.59 Å². The number of nitrogens with zero attached hydrogens (tertiary/aromatic N) is 1. The van der Waals surface area contributed by atoms with Crippen LogP contribution in [0.3, 0.4) is 0 Å². The van der Waals surface area contributed by atoms with E-state index in [4.69, 9.17) is 0 Å². The van der Waals surface area contributed by atoms with Gasteiger partial charge in [0.25, 0.3) is 11.8 Å². The molecule has 1 aromatic carbocycles. The number of carbonyl (C=O) groups is 2. The molecule has 4 nitrogen and oxygen atoms in total. The van der Waals surface area contributed by atoms with Gasteiger partial charge in [-0.15, -0.1) is 0 Å². The molecule has 0 atom stereocenters. The van der Waals surface area contributed by atoms with E-state index in [0.29, 0.717) is 24.2 Å². The molecule has 0 saturated carbocycles. The third kappa shape index (κ3) is 2.84. The summed E-state index contributed by atoms with van der Waals surface area (Å²) in [5, 5.41) is 2.54. The van der Waals surface area contributed by atoms with Crippen LogP contribution in [0.1, 0.15) is 34.6 Å². The SMILES string of the molecule is CCN(CC)C(=O)c1ccccc1C(=O)NC. The van der Waals surface area contributed by atoms with Crippen LogP contribution in [-0.4, -0.2) is 36.9 Å². The van der Waals surface area contributed by atoms with Crippen LogP contribution in [0.5, 0.6) is 0 Å². The first-order chi connectivity index (χ1) is 8.15. The van der Waals surface area contributed by atoms with Crippen molar-refractivity contribution < 1.29 is 9.59 Å². The molecule has 0 saturated heterocycles. The van der Waals surface area contributed by atoms with Gasteiger partial charge in [-0.25, -0.2) is 0 Å². The van der Waals surface area contributed by atoms with Gasteiger partial charge in [-0.1, -0.05) is 12.1 Å². The van der Waals surface area contributed by atoms with Gasteiger partial charge < -0.3 is 10.2 Å². The fourth-order valence-corrected chi connectivity index (χ4v) is 1.68. The summed E-state index contributed by atoms with van der Waals surface area (Å²) >= 11 is 0. The van der Waals surface area contributed by atoms with Crippen molar-refractivity contribution in [1.82, 2.24) is 10.2 Å². The Morgan fingerprint density at radius 3 is 2.12 bits per heavy atom. The standard InChI is InChI=1S/C13H18N2O2/c1-4-15(5-2)13(17)11-9-7-6-8-10(11)12(16)14-3/h6-9H,4-5H2,1-3H3,(H,14,16). The highest BCUT2D eigenvalue weighted by atomic mass is 16.2. The Morgan fingerprint density at radius 2 is 1.65 bits per heavy atom. The maximum Gasteiger partial charge on any atom is 0.254 e. The second-order valence-corrected chi connectivity index (χ2v) is 3.60. The first-order valence-electron chi connectivity index (χ1n) is 5.76. The average Bonchev–Trinajstić information content (AvgIpc) is 2.39. The fraction of sp³-hybridized carbons (Fsp3) is 0.385. The van der Waals surface area contributed by atoms with Gasteiger partial charge in [0.2, 0.25) is 0 Å². The second-order valence-electron chi connectivity index (χ2n) is 3.60. The lowest BCUT2D eigenvalue weighted by Gasteiger charge is -2.19. The zero-order chi connectivity index (χ0) is 12.8. The predicted octanol–water partition coefficient (Wildman–Crippen LogP) is 1.53. The van der Waals surface area contributed by atoms with Crippen LogP contribution in [0.15, 0.2) is 24.3 Å². The molecule has 1 aromatic rings. The topological polar surface area (TPSA) is 49.4 Å². The maximum atomic E-state index is 12.2. The molecule has 4 heteroatoms. The van der Waals surface area contributed by atoms with E-state index in [-0.39, 0.29) is 11.8 Å². The van der Waals surface area contributed by atoms with Crippen LogP contribution in [0, 0.1) is 0 Å². The third-order valence-electron chi connectivity index (χ3n) is 2.68. The molecule has 0 heterocycles. The van der Waals surface area contributed by atoms with Crippen molar-refractivity contribution in [1.29, 1.82) is 0 Å². The molecule has 17 heavy (non-hydrogen) atoms. The first kappa shape index (κ1) is 13.2. The number of nitrogens with one attached hydrogen (secondary N) is 1. The van der Waals surface area contributed by atoms with Crippen LogP contribution in [0.25, 0.3) is 0 Å². The lowest BCUT2D eigenvalue weighted by molar-refractivity contribution is 0.0766. The Kier molecular flexibility index (Phi) is 4.69. The number of hydrogen-bond donors (Lipinski definition) is 1. The molecule has 2 amide bonds. The zero-order valence-electron chi connectivity index (χ0n) is 10.5. The highest BCUT2D eigenvalue weighted by molar-refractivity contribution is 6.07. The summed E-state index contributed by atoms with van der Waals surface area (Å²) in [6, 6.07) is 6.87. The molecule has 0 fully saturated rings. The molecule has 0 aliphatic heterocycles. The molecular formula is C13H18N2O2. The van der Waals surface area contributed by atoms with Crippen molar-refractivity contribution in [3.8, 4) is 0 Å². The summed E-state index contributed by atoms with van der Waals surface area (Å²) in [7, 11) is 1.56. The van der Waals surface area contributed by atoms with E-state index in [1.165, 1.54) is 0 Å². The summed E-state index contributed by atoms with van der Waals surface area (Å²) in [6.07, 6.45) is 0. The minimum atomic E-state index is -0.235. The predicted molar refractivity (Wildman–Crippen MR) is 67.1 cm³/mol. The third-order valence-corrected chi connectivity index (χ3v) is 2.68. The van der Waals surface area contributed by atoms with Crippen LogP contribution in [-0.2, 0) is 0 Å². The molecular weight excluding hydrogens is 216 g/mol. The van der Waals surface area contributed by atoms with Crippen LogP contribution < -0.4 is 5.32 Å². The van der Waals surface area contributed by atoms with Gasteiger partial charge in [0.1, 0.15) is 0 Å². The number of hydrogen-bond acceptors (Lipinski definition) is 2. The maximum absolute atomic E-state index is 12.2. The quantitative estimate of drug-likeness (QED) is 0.858. The lowest BCUT2D eigenvalue weighted by Crippen LogP contribution is -2.32. The van der Waals surface area contributed by atoms with Crippen molar-refractivity contribution in [2.24, 2.45) is 0 Å². The van der Waals surface area contributed by atoms with Gasteiger partial charge in [-0.2, -0.15) is 0 Å². The van der Waals surface area contributed by atoms with Gasteiger partial charge in [-0.3, -0.25) is 9.59 Å². The number of rotatable bonds is 4. The van der Waals surface area contributed by atoms with Crippen molar-refractivity contribution >= 4 is 11.8 Å². The molecule has 0 aromatic heterocycles. The number of benzene rings is 1. The summed E-state index contributed by atoms with van der Waals surface area (Å²) in [4.78, 5) is 25.5. The van der Waals surface area contributed by atoms with Gasteiger partial charge in [0.15, 0.2) is 0 Å². The van der Waals surface area contributed by atoms with Crippen molar-refractivity contribution in [2.45, 2.75) is 13.8 Å². The lowest BCUT2D eigenvalue weighted by atomic mass is 10.1. The Balaban J connectivity index is 3.13. The normalized spacial score (nSPS) is 9.82. The molecule has 0 unspecified atom stereocenters. The molecule has 92 valence electrons. The minimum Gasteiger partial charge on any atom is -0.355 e. The minimum absolute atomic E-state index is 0.103. The number of amides is 2. The summed E-state index contributed by atoms with van der Waals surface area (Å²) < 4.78 is 0. The summed E-state index contributed by atoms with van der Waals surface area (Å²) in [5.41, 5.74) is 0.877.